The summed E-state index contributed by atoms with van der Waals surface area (Å²) in [5.41, 5.74) is 2.37. The summed E-state index contributed by atoms with van der Waals surface area (Å²) in [7, 11) is 0. The van der Waals surface area contributed by atoms with E-state index in [1.54, 1.807) is 0 Å². The molecule has 4 heteroatoms. The fourth-order valence-electron chi connectivity index (χ4n) is 3.30. The van der Waals surface area contributed by atoms with Gasteiger partial charge in [0.05, 0.1) is 6.04 Å². The van der Waals surface area contributed by atoms with Crippen molar-refractivity contribution in [3.63, 3.8) is 0 Å². The minimum absolute atomic E-state index is 0.0812. The predicted octanol–water partition coefficient (Wildman–Crippen LogP) is 1.43. The van der Waals surface area contributed by atoms with Crippen LogP contribution in [0.2, 0.25) is 0 Å². The fourth-order valence-corrected chi connectivity index (χ4v) is 3.30. The van der Waals surface area contributed by atoms with Gasteiger partial charge in [-0.05, 0) is 19.5 Å². The highest BCUT2D eigenvalue weighted by Crippen LogP contribution is 2.37. The second-order valence-electron chi connectivity index (χ2n) is 5.83. The summed E-state index contributed by atoms with van der Waals surface area (Å²) in [6.45, 7) is 10.0. The monoisotopic (exact) mass is 276 g/mol. The lowest BCUT2D eigenvalue weighted by atomic mass is 9.94. The Morgan fingerprint density at radius 3 is 2.70 bits per heavy atom. The maximum absolute atomic E-state index is 10.4. The number of hydrogen-bond acceptors (Lipinski definition) is 4. The van der Waals surface area contributed by atoms with Gasteiger partial charge in [-0.1, -0.05) is 24.6 Å². The largest absolute Gasteiger partial charge is 0.490 e. The molecule has 3 rings (SSSR count). The van der Waals surface area contributed by atoms with Crippen LogP contribution in [0, 0.1) is 6.92 Å². The number of nitrogens with zero attached hydrogens (tertiary/aromatic N) is 2. The number of likely N-dealkylation sites (N-methyl/N-ethyl adjacent to an activating group) is 1. The highest BCUT2D eigenvalue weighted by atomic mass is 16.5. The molecule has 2 atom stereocenters. The van der Waals surface area contributed by atoms with Crippen LogP contribution in [0.15, 0.2) is 18.2 Å². The van der Waals surface area contributed by atoms with Gasteiger partial charge in [0, 0.05) is 31.7 Å². The maximum atomic E-state index is 10.4. The molecule has 2 aliphatic heterocycles. The Balaban J connectivity index is 1.84. The van der Waals surface area contributed by atoms with E-state index in [4.69, 9.17) is 4.74 Å². The van der Waals surface area contributed by atoms with Gasteiger partial charge in [-0.2, -0.15) is 0 Å². The van der Waals surface area contributed by atoms with Gasteiger partial charge in [-0.3, -0.25) is 4.90 Å². The third kappa shape index (κ3) is 2.55. The molecule has 0 bridgehead atoms. The first-order valence-electron chi connectivity index (χ1n) is 7.57. The Morgan fingerprint density at radius 1 is 1.25 bits per heavy atom. The minimum atomic E-state index is -0.433. The molecule has 2 heterocycles. The molecule has 1 aromatic carbocycles. The molecule has 1 fully saturated rings. The van der Waals surface area contributed by atoms with Crippen molar-refractivity contribution < 1.29 is 9.84 Å². The summed E-state index contributed by atoms with van der Waals surface area (Å²) in [5, 5.41) is 10.4. The number of ether oxygens (including phenoxy) is 1. The standard InChI is InChI=1S/C16H24N2O2/c1-3-17-6-8-18(9-7-17)16-13-10-12(2)4-5-15(13)20-11-14(16)19/h4-5,10,14,16,19H,3,6-9,11H2,1-2H3. The van der Waals surface area contributed by atoms with Crippen molar-refractivity contribution in [2.45, 2.75) is 26.0 Å². The molecule has 2 aliphatic rings. The fraction of sp³-hybridized carbons (Fsp3) is 0.625. The van der Waals surface area contributed by atoms with Gasteiger partial charge < -0.3 is 14.7 Å². The van der Waals surface area contributed by atoms with Crippen molar-refractivity contribution in [1.29, 1.82) is 0 Å². The molecule has 2 unspecified atom stereocenters. The Labute approximate surface area is 120 Å². The Morgan fingerprint density at radius 2 is 2.00 bits per heavy atom. The van der Waals surface area contributed by atoms with E-state index in [0.29, 0.717) is 6.61 Å². The van der Waals surface area contributed by atoms with E-state index in [1.807, 2.05) is 6.07 Å². The van der Waals surface area contributed by atoms with E-state index in [1.165, 1.54) is 5.56 Å². The SMILES string of the molecule is CCN1CCN(C2c3cc(C)ccc3OCC2O)CC1. The first kappa shape index (κ1) is 13.9. The number of piperazine rings is 1. The van der Waals surface area contributed by atoms with Crippen LogP contribution in [0.5, 0.6) is 5.75 Å². The topological polar surface area (TPSA) is 35.9 Å². The average Bonchev–Trinajstić information content (AvgIpc) is 2.47. The zero-order valence-corrected chi connectivity index (χ0v) is 12.4. The van der Waals surface area contributed by atoms with Crippen LogP contribution in [0.4, 0.5) is 0 Å². The van der Waals surface area contributed by atoms with Crippen molar-refractivity contribution in [3.05, 3.63) is 29.3 Å². The number of hydrogen-bond donors (Lipinski definition) is 1. The van der Waals surface area contributed by atoms with Crippen LogP contribution in [-0.2, 0) is 0 Å². The molecule has 0 radical (unpaired) electrons. The van der Waals surface area contributed by atoms with E-state index in [0.717, 1.165) is 44.0 Å². The Kier molecular flexibility index (Phi) is 3.96. The van der Waals surface area contributed by atoms with Gasteiger partial charge in [-0.15, -0.1) is 0 Å². The molecule has 20 heavy (non-hydrogen) atoms. The van der Waals surface area contributed by atoms with Crippen LogP contribution in [0.3, 0.4) is 0 Å². The summed E-state index contributed by atoms with van der Waals surface area (Å²) < 4.78 is 5.67. The van der Waals surface area contributed by atoms with Crippen molar-refractivity contribution in [2.24, 2.45) is 0 Å². The molecule has 1 aromatic rings. The molecule has 0 aromatic heterocycles. The Hall–Kier alpha value is -1.10. The third-order valence-electron chi connectivity index (χ3n) is 4.51. The number of benzene rings is 1. The van der Waals surface area contributed by atoms with Gasteiger partial charge in [-0.25, -0.2) is 0 Å². The number of aliphatic hydroxyl groups excluding tert-OH is 1. The highest BCUT2D eigenvalue weighted by Gasteiger charge is 2.35. The van der Waals surface area contributed by atoms with Gasteiger partial charge in [0.1, 0.15) is 18.5 Å². The molecule has 0 amide bonds. The van der Waals surface area contributed by atoms with Crippen molar-refractivity contribution in [1.82, 2.24) is 9.80 Å². The van der Waals surface area contributed by atoms with Gasteiger partial charge >= 0.3 is 0 Å². The number of aryl methyl sites for hydroxylation is 1. The van der Waals surface area contributed by atoms with Crippen LogP contribution in [0.1, 0.15) is 24.1 Å². The third-order valence-corrected chi connectivity index (χ3v) is 4.51. The molecule has 1 saturated heterocycles. The van der Waals surface area contributed by atoms with Gasteiger partial charge in [0.15, 0.2) is 0 Å². The predicted molar refractivity (Wildman–Crippen MR) is 79.1 cm³/mol. The lowest BCUT2D eigenvalue weighted by Crippen LogP contribution is -2.51. The van der Waals surface area contributed by atoms with E-state index in [9.17, 15) is 5.11 Å². The maximum Gasteiger partial charge on any atom is 0.124 e. The molecule has 110 valence electrons. The van der Waals surface area contributed by atoms with E-state index in [2.05, 4.69) is 35.8 Å². The van der Waals surface area contributed by atoms with Crippen LogP contribution in [0.25, 0.3) is 0 Å². The number of aliphatic hydroxyl groups is 1. The second-order valence-corrected chi connectivity index (χ2v) is 5.83. The second kappa shape index (κ2) is 5.72. The number of rotatable bonds is 2. The minimum Gasteiger partial charge on any atom is -0.490 e. The summed E-state index contributed by atoms with van der Waals surface area (Å²) in [6, 6.07) is 6.35. The Bertz CT molecular complexity index is 470. The van der Waals surface area contributed by atoms with Crippen molar-refractivity contribution in [2.75, 3.05) is 39.3 Å². The van der Waals surface area contributed by atoms with E-state index < -0.39 is 6.10 Å². The normalized spacial score (nSPS) is 27.9. The summed E-state index contributed by atoms with van der Waals surface area (Å²) in [6.07, 6.45) is -0.433. The number of fused-ring (bicyclic) bond motifs is 1. The lowest BCUT2D eigenvalue weighted by molar-refractivity contribution is -0.0174. The zero-order chi connectivity index (χ0) is 14.1. The summed E-state index contributed by atoms with van der Waals surface area (Å²) in [4.78, 5) is 4.87. The molecule has 0 saturated carbocycles. The van der Waals surface area contributed by atoms with Gasteiger partial charge in [0.25, 0.3) is 0 Å². The van der Waals surface area contributed by atoms with Crippen LogP contribution >= 0.6 is 0 Å². The molecule has 4 nitrogen and oxygen atoms in total. The van der Waals surface area contributed by atoms with Gasteiger partial charge in [0.2, 0.25) is 0 Å². The summed E-state index contributed by atoms with van der Waals surface area (Å²) in [5.74, 6) is 0.934. The lowest BCUT2D eigenvalue weighted by Gasteiger charge is -2.43. The van der Waals surface area contributed by atoms with E-state index >= 15 is 0 Å². The molecule has 0 aliphatic carbocycles. The van der Waals surface area contributed by atoms with Crippen LogP contribution < -0.4 is 4.74 Å². The molecule has 0 spiro atoms. The van der Waals surface area contributed by atoms with Crippen molar-refractivity contribution in [3.8, 4) is 5.75 Å². The average molecular weight is 276 g/mol. The quantitative estimate of drug-likeness (QED) is 0.886. The smallest absolute Gasteiger partial charge is 0.124 e. The zero-order valence-electron chi connectivity index (χ0n) is 12.4. The first-order valence-corrected chi connectivity index (χ1v) is 7.57. The molecule has 1 N–H and O–H groups in total. The summed E-state index contributed by atoms with van der Waals surface area (Å²) >= 11 is 0. The molecular weight excluding hydrogens is 252 g/mol. The highest BCUT2D eigenvalue weighted by molar-refractivity contribution is 5.41. The first-order chi connectivity index (χ1) is 9.69. The van der Waals surface area contributed by atoms with Crippen molar-refractivity contribution >= 4 is 0 Å². The van der Waals surface area contributed by atoms with Crippen LogP contribution in [-0.4, -0.2) is 60.3 Å². The van der Waals surface area contributed by atoms with E-state index in [-0.39, 0.29) is 6.04 Å². The molecular formula is C16H24N2O2.